The van der Waals surface area contributed by atoms with Gasteiger partial charge in [-0.2, -0.15) is 5.10 Å². The van der Waals surface area contributed by atoms with Gasteiger partial charge in [0.1, 0.15) is 10.9 Å². The molecule has 2 aromatic carbocycles. The number of aromatic nitrogens is 2. The normalized spacial score (nSPS) is 20.1. The summed E-state index contributed by atoms with van der Waals surface area (Å²) in [6, 6.07) is 13.2. The van der Waals surface area contributed by atoms with E-state index in [1.165, 1.54) is 11.1 Å². The molecule has 5 nitrogen and oxygen atoms in total. The molecule has 8 heteroatoms. The summed E-state index contributed by atoms with van der Waals surface area (Å²) in [5.74, 6) is -0.0491. The maximum absolute atomic E-state index is 13.9. The fourth-order valence-electron chi connectivity index (χ4n) is 4.50. The van der Waals surface area contributed by atoms with Crippen LogP contribution in [-0.2, 0) is 17.8 Å². The lowest BCUT2D eigenvalue weighted by Gasteiger charge is -2.37. The SMILES string of the molecule is CC1=Nc2c(Cl)cnn2C(c2cccc(Cl)c2Cl)C1C(=O)N1CCc2ccccc2C1. The zero-order chi connectivity index (χ0) is 21.7. The van der Waals surface area contributed by atoms with E-state index >= 15 is 0 Å². The van der Waals surface area contributed by atoms with Crippen molar-refractivity contribution in [3.8, 4) is 0 Å². The van der Waals surface area contributed by atoms with Crippen molar-refractivity contribution in [2.75, 3.05) is 6.54 Å². The van der Waals surface area contributed by atoms with Crippen molar-refractivity contribution in [3.05, 3.63) is 80.4 Å². The Morgan fingerprint density at radius 2 is 1.81 bits per heavy atom. The van der Waals surface area contributed by atoms with Crippen LogP contribution in [0.2, 0.25) is 15.1 Å². The predicted molar refractivity (Wildman–Crippen MR) is 124 cm³/mol. The van der Waals surface area contributed by atoms with Gasteiger partial charge < -0.3 is 4.90 Å². The number of amides is 1. The maximum atomic E-state index is 13.9. The molecule has 31 heavy (non-hydrogen) atoms. The summed E-state index contributed by atoms with van der Waals surface area (Å²) in [5.41, 5.74) is 3.86. The minimum absolute atomic E-state index is 0.00549. The third-order valence-corrected chi connectivity index (χ3v) is 7.15. The summed E-state index contributed by atoms with van der Waals surface area (Å²) in [4.78, 5) is 20.4. The monoisotopic (exact) mass is 472 g/mol. The Bertz CT molecular complexity index is 1220. The topological polar surface area (TPSA) is 50.5 Å². The number of nitrogens with zero attached hydrogens (tertiary/aromatic N) is 4. The molecule has 5 rings (SSSR count). The average Bonchev–Trinajstić information content (AvgIpc) is 3.14. The number of hydrogen-bond donors (Lipinski definition) is 0. The quantitative estimate of drug-likeness (QED) is 0.476. The number of benzene rings is 2. The molecule has 0 saturated heterocycles. The first kappa shape index (κ1) is 20.6. The van der Waals surface area contributed by atoms with Crippen molar-refractivity contribution in [1.82, 2.24) is 14.7 Å². The van der Waals surface area contributed by atoms with Crippen molar-refractivity contribution >= 4 is 52.2 Å². The van der Waals surface area contributed by atoms with Crippen LogP contribution in [0.5, 0.6) is 0 Å². The summed E-state index contributed by atoms with van der Waals surface area (Å²) in [5, 5.41) is 5.70. The second-order valence-electron chi connectivity index (χ2n) is 7.86. The molecule has 2 aliphatic rings. The number of carbonyl (C=O) groups excluding carboxylic acids is 1. The molecule has 0 saturated carbocycles. The van der Waals surface area contributed by atoms with Crippen molar-refractivity contribution < 1.29 is 4.79 Å². The fourth-order valence-corrected chi connectivity index (χ4v) is 5.10. The van der Waals surface area contributed by atoms with Crippen LogP contribution >= 0.6 is 34.8 Å². The maximum Gasteiger partial charge on any atom is 0.234 e. The van der Waals surface area contributed by atoms with Gasteiger partial charge in [-0.25, -0.2) is 9.67 Å². The Hall–Kier alpha value is -2.34. The lowest BCUT2D eigenvalue weighted by Crippen LogP contribution is -2.46. The molecule has 3 heterocycles. The molecule has 2 unspecified atom stereocenters. The highest BCUT2D eigenvalue weighted by Crippen LogP contribution is 2.43. The minimum Gasteiger partial charge on any atom is -0.337 e. The second-order valence-corrected chi connectivity index (χ2v) is 9.05. The Labute approximate surface area is 195 Å². The van der Waals surface area contributed by atoms with Crippen LogP contribution in [0.4, 0.5) is 5.82 Å². The Balaban J connectivity index is 1.59. The summed E-state index contributed by atoms with van der Waals surface area (Å²) in [7, 11) is 0. The van der Waals surface area contributed by atoms with Crippen molar-refractivity contribution in [1.29, 1.82) is 0 Å². The average molecular weight is 474 g/mol. The molecule has 0 fully saturated rings. The zero-order valence-corrected chi connectivity index (χ0v) is 19.0. The summed E-state index contributed by atoms with van der Waals surface area (Å²) >= 11 is 19.3. The smallest absolute Gasteiger partial charge is 0.234 e. The third kappa shape index (κ3) is 3.45. The van der Waals surface area contributed by atoms with E-state index < -0.39 is 12.0 Å². The summed E-state index contributed by atoms with van der Waals surface area (Å²) in [6.07, 6.45) is 2.37. The Morgan fingerprint density at radius 1 is 1.03 bits per heavy atom. The van der Waals surface area contributed by atoms with E-state index in [9.17, 15) is 4.79 Å². The molecule has 1 aromatic heterocycles. The molecule has 0 radical (unpaired) electrons. The Morgan fingerprint density at radius 3 is 2.61 bits per heavy atom. The number of rotatable bonds is 2. The van der Waals surface area contributed by atoms with Crippen LogP contribution in [0.3, 0.4) is 0 Å². The lowest BCUT2D eigenvalue weighted by molar-refractivity contribution is -0.135. The Kier molecular flexibility index (Phi) is 5.29. The van der Waals surface area contributed by atoms with Gasteiger partial charge in [0, 0.05) is 18.8 Å². The largest absolute Gasteiger partial charge is 0.337 e. The molecule has 3 aromatic rings. The molecule has 0 N–H and O–H groups in total. The van der Waals surface area contributed by atoms with Gasteiger partial charge in [-0.3, -0.25) is 4.79 Å². The molecule has 1 amide bonds. The van der Waals surface area contributed by atoms with Crippen LogP contribution < -0.4 is 0 Å². The van der Waals surface area contributed by atoms with E-state index in [1.807, 2.05) is 36.1 Å². The van der Waals surface area contributed by atoms with Crippen LogP contribution in [0.15, 0.2) is 53.7 Å². The number of carbonyl (C=O) groups is 1. The van der Waals surface area contributed by atoms with Gasteiger partial charge in [0.05, 0.1) is 22.3 Å². The first-order valence-electron chi connectivity index (χ1n) is 10.0. The fraction of sp³-hybridized carbons (Fsp3) is 0.261. The van der Waals surface area contributed by atoms with Gasteiger partial charge in [0.15, 0.2) is 5.82 Å². The predicted octanol–water partition coefficient (Wildman–Crippen LogP) is 5.74. The van der Waals surface area contributed by atoms with Crippen molar-refractivity contribution in [3.63, 3.8) is 0 Å². The zero-order valence-electron chi connectivity index (χ0n) is 16.7. The van der Waals surface area contributed by atoms with E-state index in [0.717, 1.165) is 12.0 Å². The van der Waals surface area contributed by atoms with Gasteiger partial charge in [-0.15, -0.1) is 0 Å². The van der Waals surface area contributed by atoms with Gasteiger partial charge in [0.25, 0.3) is 0 Å². The summed E-state index contributed by atoms with van der Waals surface area (Å²) < 4.78 is 1.69. The van der Waals surface area contributed by atoms with E-state index in [4.69, 9.17) is 34.8 Å². The van der Waals surface area contributed by atoms with Crippen LogP contribution in [0.1, 0.15) is 29.7 Å². The van der Waals surface area contributed by atoms with Gasteiger partial charge >= 0.3 is 0 Å². The summed E-state index contributed by atoms with van der Waals surface area (Å²) in [6.45, 7) is 3.09. The number of fused-ring (bicyclic) bond motifs is 2. The van der Waals surface area contributed by atoms with Crippen LogP contribution in [-0.4, -0.2) is 32.8 Å². The van der Waals surface area contributed by atoms with E-state index in [1.54, 1.807) is 16.9 Å². The van der Waals surface area contributed by atoms with Crippen molar-refractivity contribution in [2.45, 2.75) is 25.9 Å². The first-order valence-corrected chi connectivity index (χ1v) is 11.2. The number of halogens is 3. The first-order chi connectivity index (χ1) is 15.0. The molecule has 2 atom stereocenters. The highest BCUT2D eigenvalue weighted by Gasteiger charge is 2.42. The van der Waals surface area contributed by atoms with Crippen LogP contribution in [0.25, 0.3) is 0 Å². The third-order valence-electron chi connectivity index (χ3n) is 6.05. The molecule has 0 spiro atoms. The molecule has 0 bridgehead atoms. The minimum atomic E-state index is -0.565. The number of aliphatic imine (C=N–C) groups is 1. The highest BCUT2D eigenvalue weighted by molar-refractivity contribution is 6.42. The van der Waals surface area contributed by atoms with Gasteiger partial charge in [-0.1, -0.05) is 71.2 Å². The van der Waals surface area contributed by atoms with Gasteiger partial charge in [-0.05, 0) is 36.1 Å². The molecular weight excluding hydrogens is 455 g/mol. The standard InChI is InChI=1S/C23H19Cl3N4O/c1-13-19(23(31)29-10-9-14-5-2-3-6-15(14)12-29)21(16-7-4-8-17(24)20(16)26)30-22(28-13)18(25)11-27-30/h2-8,11,19,21H,9-10,12H2,1H3. The second kappa shape index (κ2) is 7.97. The van der Waals surface area contributed by atoms with Crippen LogP contribution in [0, 0.1) is 5.92 Å². The highest BCUT2D eigenvalue weighted by atomic mass is 35.5. The lowest BCUT2D eigenvalue weighted by atomic mass is 9.86. The molecular formula is C23H19Cl3N4O. The molecule has 0 aliphatic carbocycles. The van der Waals surface area contributed by atoms with E-state index in [-0.39, 0.29) is 5.91 Å². The number of hydrogen-bond acceptors (Lipinski definition) is 3. The van der Waals surface area contributed by atoms with Gasteiger partial charge in [0.2, 0.25) is 5.91 Å². The van der Waals surface area contributed by atoms with E-state index in [2.05, 4.69) is 22.2 Å². The molecule has 2 aliphatic heterocycles. The van der Waals surface area contributed by atoms with Crippen molar-refractivity contribution in [2.24, 2.45) is 10.9 Å². The molecule has 158 valence electrons. The van der Waals surface area contributed by atoms with E-state index in [0.29, 0.717) is 39.7 Å².